The zero-order chi connectivity index (χ0) is 23.5. The Morgan fingerprint density at radius 3 is 2.72 bits per heavy atom. The third-order valence-corrected chi connectivity index (χ3v) is 4.95. The van der Waals surface area contributed by atoms with E-state index in [0.717, 1.165) is 25.8 Å². The van der Waals surface area contributed by atoms with Crippen molar-refractivity contribution in [2.24, 2.45) is 0 Å². The van der Waals surface area contributed by atoms with Gasteiger partial charge in [-0.05, 0) is 39.2 Å². The number of nitrogens with zero attached hydrogens (tertiary/aromatic N) is 4. The van der Waals surface area contributed by atoms with Gasteiger partial charge < -0.3 is 14.2 Å². The molecule has 12 heteroatoms. The normalized spacial score (nSPS) is 17.7. The molecule has 1 saturated heterocycles. The minimum atomic E-state index is -4.70. The molecule has 0 N–H and O–H groups in total. The number of rotatable bonds is 7. The fourth-order valence-electron chi connectivity index (χ4n) is 3.18. The third kappa shape index (κ3) is 5.11. The van der Waals surface area contributed by atoms with Gasteiger partial charge in [-0.2, -0.15) is 23.1 Å². The Morgan fingerprint density at radius 1 is 1.38 bits per heavy atom. The van der Waals surface area contributed by atoms with E-state index in [1.165, 1.54) is 4.57 Å². The first-order chi connectivity index (χ1) is 15.2. The van der Waals surface area contributed by atoms with Crippen molar-refractivity contribution in [2.45, 2.75) is 64.8 Å². The number of aromatic nitrogens is 3. The molecule has 0 amide bonds. The molecule has 1 unspecified atom stereocenters. The van der Waals surface area contributed by atoms with Crippen molar-refractivity contribution in [3.8, 4) is 17.5 Å². The summed E-state index contributed by atoms with van der Waals surface area (Å²) < 4.78 is 71.3. The van der Waals surface area contributed by atoms with Crippen molar-refractivity contribution in [3.63, 3.8) is 0 Å². The summed E-state index contributed by atoms with van der Waals surface area (Å²) in [6, 6.07) is 3.16. The summed E-state index contributed by atoms with van der Waals surface area (Å²) in [5, 5.41) is 13.3. The van der Waals surface area contributed by atoms with E-state index < -0.39 is 47.1 Å². The van der Waals surface area contributed by atoms with Gasteiger partial charge >= 0.3 is 11.9 Å². The number of alkyl halides is 3. The second kappa shape index (κ2) is 9.70. The van der Waals surface area contributed by atoms with Crippen LogP contribution < -0.4 is 10.4 Å². The summed E-state index contributed by atoms with van der Waals surface area (Å²) in [5.74, 6) is -1.33. The fourth-order valence-corrected chi connectivity index (χ4v) is 3.18. The van der Waals surface area contributed by atoms with Crippen LogP contribution in [0.15, 0.2) is 16.9 Å². The first kappa shape index (κ1) is 23.7. The van der Waals surface area contributed by atoms with Gasteiger partial charge in [0.2, 0.25) is 0 Å². The van der Waals surface area contributed by atoms with Crippen LogP contribution in [0.2, 0.25) is 0 Å². The first-order valence-corrected chi connectivity index (χ1v) is 10.0. The van der Waals surface area contributed by atoms with E-state index >= 15 is 0 Å². The zero-order valence-electron chi connectivity index (χ0n) is 17.5. The molecule has 1 aliphatic heterocycles. The maximum atomic E-state index is 14.7. The summed E-state index contributed by atoms with van der Waals surface area (Å²) in [5.41, 5.74) is -1.60. The summed E-state index contributed by atoms with van der Waals surface area (Å²) in [6.07, 6.45) is -4.83. The third-order valence-electron chi connectivity index (χ3n) is 4.95. The molecule has 0 radical (unpaired) electrons. The Labute approximate surface area is 180 Å². The van der Waals surface area contributed by atoms with E-state index in [4.69, 9.17) is 19.5 Å². The van der Waals surface area contributed by atoms with Gasteiger partial charge in [0.25, 0.3) is 0 Å². The number of hydrogen-bond donors (Lipinski definition) is 0. The molecule has 0 aliphatic carbocycles. The number of ether oxygens (including phenoxy) is 3. The Bertz CT molecular complexity index is 1050. The summed E-state index contributed by atoms with van der Waals surface area (Å²) in [6.45, 7) is 3.13. The molecule has 1 aliphatic rings. The average molecular weight is 458 g/mol. The molecular weight excluding hydrogens is 436 g/mol. The number of hydrogen-bond acceptors (Lipinski definition) is 6. The van der Waals surface area contributed by atoms with Crippen LogP contribution in [0.5, 0.6) is 5.75 Å². The second-order valence-electron chi connectivity index (χ2n) is 7.18. The molecule has 0 bridgehead atoms. The molecule has 1 aromatic carbocycles. The molecule has 2 heterocycles. The van der Waals surface area contributed by atoms with Crippen molar-refractivity contribution in [1.82, 2.24) is 14.3 Å². The van der Waals surface area contributed by atoms with Gasteiger partial charge in [0.05, 0.1) is 5.56 Å². The van der Waals surface area contributed by atoms with Crippen molar-refractivity contribution >= 4 is 0 Å². The Balaban J connectivity index is 1.96. The van der Waals surface area contributed by atoms with Gasteiger partial charge in [0.1, 0.15) is 24.1 Å². The molecule has 3 rings (SSSR count). The van der Waals surface area contributed by atoms with Crippen LogP contribution in [-0.4, -0.2) is 39.5 Å². The van der Waals surface area contributed by atoms with Crippen molar-refractivity contribution in [1.29, 1.82) is 5.26 Å². The van der Waals surface area contributed by atoms with Gasteiger partial charge in [0, 0.05) is 19.2 Å². The number of nitriles is 1. The van der Waals surface area contributed by atoms with Crippen molar-refractivity contribution < 1.29 is 31.8 Å². The first-order valence-electron chi connectivity index (χ1n) is 10.0. The van der Waals surface area contributed by atoms with Crippen LogP contribution in [0.4, 0.5) is 17.6 Å². The lowest BCUT2D eigenvalue weighted by atomic mass is 10.2. The van der Waals surface area contributed by atoms with Gasteiger partial charge in [-0.25, -0.2) is 9.18 Å². The zero-order valence-corrected chi connectivity index (χ0v) is 17.5. The van der Waals surface area contributed by atoms with Crippen molar-refractivity contribution in [2.75, 3.05) is 6.61 Å². The second-order valence-corrected chi connectivity index (χ2v) is 7.18. The van der Waals surface area contributed by atoms with E-state index in [1.54, 1.807) is 13.0 Å². The van der Waals surface area contributed by atoms with Crippen LogP contribution in [0.1, 0.15) is 44.5 Å². The highest BCUT2D eigenvalue weighted by molar-refractivity contribution is 5.51. The maximum absolute atomic E-state index is 14.7. The fraction of sp³-hybridized carbons (Fsp3) is 0.550. The molecule has 32 heavy (non-hydrogen) atoms. The highest BCUT2D eigenvalue weighted by Crippen LogP contribution is 2.30. The van der Waals surface area contributed by atoms with E-state index in [1.807, 2.05) is 0 Å². The Kier molecular flexibility index (Phi) is 7.20. The smallest absolute Gasteiger partial charge is 0.425 e. The van der Waals surface area contributed by atoms with E-state index in [2.05, 4.69) is 5.10 Å². The predicted molar refractivity (Wildman–Crippen MR) is 103 cm³/mol. The van der Waals surface area contributed by atoms with Gasteiger partial charge in [-0.3, -0.25) is 4.57 Å². The van der Waals surface area contributed by atoms with Crippen LogP contribution in [0.3, 0.4) is 0 Å². The lowest BCUT2D eigenvalue weighted by Gasteiger charge is -2.22. The van der Waals surface area contributed by atoms with Gasteiger partial charge in [-0.1, -0.05) is 0 Å². The lowest BCUT2D eigenvalue weighted by molar-refractivity contribution is -0.189. The molecular formula is C20H22F4N4O4. The molecule has 1 fully saturated rings. The molecule has 0 spiro atoms. The van der Waals surface area contributed by atoms with Crippen LogP contribution >= 0.6 is 0 Å². The maximum Gasteiger partial charge on any atom is 0.425 e. The average Bonchev–Trinajstić information content (AvgIpc) is 3.08. The molecule has 8 nitrogen and oxygen atoms in total. The van der Waals surface area contributed by atoms with Crippen molar-refractivity contribution in [3.05, 3.63) is 39.8 Å². The van der Waals surface area contributed by atoms with E-state index in [9.17, 15) is 22.4 Å². The summed E-state index contributed by atoms with van der Waals surface area (Å²) in [7, 11) is 0. The molecule has 0 saturated carbocycles. The SMILES string of the molecule is CCn1c(COC2CCCCO2)nn(-c2cc(O[C@@H](C)C(F)(F)F)c(C#N)cc2F)c1=O. The molecule has 2 atom stereocenters. The highest BCUT2D eigenvalue weighted by Gasteiger charge is 2.38. The van der Waals surface area contributed by atoms with E-state index in [-0.39, 0.29) is 19.0 Å². The lowest BCUT2D eigenvalue weighted by Crippen LogP contribution is -2.31. The van der Waals surface area contributed by atoms with Crippen LogP contribution in [0, 0.1) is 17.1 Å². The largest absolute Gasteiger partial charge is 0.480 e. The monoisotopic (exact) mass is 458 g/mol. The summed E-state index contributed by atoms with van der Waals surface area (Å²) in [4.78, 5) is 12.8. The Hall–Kier alpha value is -2.91. The number of benzene rings is 1. The highest BCUT2D eigenvalue weighted by atomic mass is 19.4. The predicted octanol–water partition coefficient (Wildman–Crippen LogP) is 3.44. The molecule has 174 valence electrons. The topological polar surface area (TPSA) is 91.3 Å². The summed E-state index contributed by atoms with van der Waals surface area (Å²) >= 11 is 0. The Morgan fingerprint density at radius 2 is 2.12 bits per heavy atom. The minimum absolute atomic E-state index is 0.0763. The van der Waals surface area contributed by atoms with Gasteiger partial charge in [-0.15, -0.1) is 5.10 Å². The molecule has 1 aromatic heterocycles. The van der Waals surface area contributed by atoms with E-state index in [0.29, 0.717) is 23.8 Å². The minimum Gasteiger partial charge on any atom is -0.480 e. The quantitative estimate of drug-likeness (QED) is 0.591. The van der Waals surface area contributed by atoms with Gasteiger partial charge in [0.15, 0.2) is 24.0 Å². The van der Waals surface area contributed by atoms with Crippen LogP contribution in [0.25, 0.3) is 5.69 Å². The molecule has 2 aromatic rings. The standard InChI is InChI=1S/C20H22F4N4O4/c1-3-27-17(11-31-18-6-4-5-7-30-18)26-28(19(27)29)15-9-16(13(10-25)8-14(15)21)32-12(2)20(22,23)24/h8-9,12,18H,3-7,11H2,1-2H3/t12-,18?/m0/s1. The number of halogens is 4. The van der Waals surface area contributed by atoms with Crippen LogP contribution in [-0.2, 0) is 22.6 Å².